The summed E-state index contributed by atoms with van der Waals surface area (Å²) in [7, 11) is 0. The molecule has 136 valence electrons. The zero-order valence-corrected chi connectivity index (χ0v) is 15.7. The molecule has 0 heterocycles. The molecule has 2 heteroatoms. The van der Waals surface area contributed by atoms with Crippen LogP contribution in [-0.4, -0.2) is 5.97 Å². The fourth-order valence-corrected chi connectivity index (χ4v) is 3.82. The molecule has 27 heavy (non-hydrogen) atoms. The van der Waals surface area contributed by atoms with Crippen LogP contribution in [0.5, 0.6) is 0 Å². The Morgan fingerprint density at radius 3 is 2.04 bits per heavy atom. The van der Waals surface area contributed by atoms with E-state index in [1.807, 2.05) is 30.3 Å². The molecule has 0 N–H and O–H groups in total. The van der Waals surface area contributed by atoms with Crippen molar-refractivity contribution in [2.45, 2.75) is 38.7 Å². The van der Waals surface area contributed by atoms with Crippen molar-refractivity contribution in [3.05, 3.63) is 106 Å². The minimum atomic E-state index is -0.359. The third kappa shape index (κ3) is 4.11. The van der Waals surface area contributed by atoms with Crippen LogP contribution < -0.4 is 0 Å². The fourth-order valence-electron chi connectivity index (χ4n) is 3.82. The molecular weight excluding hydrogens is 332 g/mol. The number of rotatable bonds is 3. The van der Waals surface area contributed by atoms with Gasteiger partial charge in [0.05, 0.1) is 0 Å². The van der Waals surface area contributed by atoms with Gasteiger partial charge >= 0.3 is 5.97 Å². The topological polar surface area (TPSA) is 26.3 Å². The lowest BCUT2D eigenvalue weighted by atomic mass is 9.89. The van der Waals surface area contributed by atoms with Gasteiger partial charge in [-0.15, -0.1) is 0 Å². The van der Waals surface area contributed by atoms with Crippen LogP contribution in [-0.2, 0) is 35.2 Å². The first-order chi connectivity index (χ1) is 13.2. The maximum absolute atomic E-state index is 11.8. The number of ether oxygens (including phenoxy) is 1. The summed E-state index contributed by atoms with van der Waals surface area (Å²) in [4.78, 5) is 11.8. The van der Waals surface area contributed by atoms with Gasteiger partial charge in [0.2, 0.25) is 0 Å². The lowest BCUT2D eigenvalue weighted by molar-refractivity contribution is -0.144. The van der Waals surface area contributed by atoms with E-state index in [0.717, 1.165) is 36.8 Å². The second kappa shape index (κ2) is 7.79. The molecule has 4 aliphatic carbocycles. The van der Waals surface area contributed by atoms with Gasteiger partial charge < -0.3 is 4.74 Å². The molecule has 3 aromatic carbocycles. The van der Waals surface area contributed by atoms with E-state index in [2.05, 4.69) is 42.5 Å². The van der Waals surface area contributed by atoms with Gasteiger partial charge in [0.25, 0.3) is 0 Å². The monoisotopic (exact) mass is 356 g/mol. The van der Waals surface area contributed by atoms with Crippen molar-refractivity contribution in [2.75, 3.05) is 0 Å². The average molecular weight is 356 g/mol. The van der Waals surface area contributed by atoms with Crippen LogP contribution in [0.25, 0.3) is 0 Å². The highest BCUT2D eigenvalue weighted by atomic mass is 16.5. The van der Waals surface area contributed by atoms with E-state index in [0.29, 0.717) is 0 Å². The van der Waals surface area contributed by atoms with E-state index >= 15 is 0 Å². The fraction of sp³-hybridized carbons (Fsp3) is 0.240. The number of benzene rings is 3. The third-order valence-corrected chi connectivity index (χ3v) is 5.29. The van der Waals surface area contributed by atoms with Crippen LogP contribution >= 0.6 is 0 Å². The van der Waals surface area contributed by atoms with Crippen LogP contribution in [0.1, 0.15) is 46.4 Å². The standard InChI is InChI=1S/C25H24O2/c1-18(26)27-25(23-5-3-2-4-6-23)24-17-21-12-11-19-7-9-20(10-8-19)13-15-22(24)16-14-21/h2-10,14,16-17,25H,11-13,15H2,1H3. The first-order valence-corrected chi connectivity index (χ1v) is 9.61. The van der Waals surface area contributed by atoms with Crippen molar-refractivity contribution in [1.29, 1.82) is 0 Å². The molecule has 4 bridgehead atoms. The Bertz CT molecular complexity index is 926. The van der Waals surface area contributed by atoms with E-state index in [4.69, 9.17) is 4.74 Å². The van der Waals surface area contributed by atoms with Gasteiger partial charge in [-0.1, -0.05) is 72.8 Å². The number of carbonyl (C=O) groups is 1. The molecule has 4 aliphatic rings. The van der Waals surface area contributed by atoms with Crippen LogP contribution in [0.15, 0.2) is 72.8 Å². The summed E-state index contributed by atoms with van der Waals surface area (Å²) < 4.78 is 5.80. The maximum Gasteiger partial charge on any atom is 0.303 e. The van der Waals surface area contributed by atoms with Crippen molar-refractivity contribution >= 4 is 5.97 Å². The zero-order chi connectivity index (χ0) is 18.6. The van der Waals surface area contributed by atoms with Crippen LogP contribution in [0, 0.1) is 0 Å². The maximum atomic E-state index is 11.8. The van der Waals surface area contributed by atoms with Gasteiger partial charge in [0, 0.05) is 12.5 Å². The van der Waals surface area contributed by atoms with Gasteiger partial charge in [0.15, 0.2) is 6.10 Å². The zero-order valence-electron chi connectivity index (χ0n) is 15.7. The van der Waals surface area contributed by atoms with Crippen molar-refractivity contribution in [1.82, 2.24) is 0 Å². The van der Waals surface area contributed by atoms with E-state index in [9.17, 15) is 4.79 Å². The van der Waals surface area contributed by atoms with Crippen LogP contribution in [0.4, 0.5) is 0 Å². The summed E-state index contributed by atoms with van der Waals surface area (Å²) in [5.41, 5.74) is 7.37. The molecule has 2 nitrogen and oxygen atoms in total. The van der Waals surface area contributed by atoms with Crippen LogP contribution in [0.2, 0.25) is 0 Å². The highest BCUT2D eigenvalue weighted by Crippen LogP contribution is 2.31. The minimum absolute atomic E-state index is 0.254. The Labute approximate surface area is 160 Å². The lowest BCUT2D eigenvalue weighted by Crippen LogP contribution is -2.13. The average Bonchev–Trinajstić information content (AvgIpc) is 2.69. The number of esters is 1. The predicted octanol–water partition coefficient (Wildman–Crippen LogP) is 5.22. The first-order valence-electron chi connectivity index (χ1n) is 9.61. The number of hydrogen-bond acceptors (Lipinski definition) is 2. The molecule has 1 atom stereocenters. The highest BCUT2D eigenvalue weighted by molar-refractivity contribution is 5.67. The predicted molar refractivity (Wildman–Crippen MR) is 108 cm³/mol. The third-order valence-electron chi connectivity index (χ3n) is 5.29. The molecule has 3 aromatic rings. The van der Waals surface area contributed by atoms with Gasteiger partial charge in [-0.05, 0) is 53.5 Å². The van der Waals surface area contributed by atoms with E-state index in [1.165, 1.54) is 29.2 Å². The van der Waals surface area contributed by atoms with Crippen molar-refractivity contribution in [2.24, 2.45) is 0 Å². The summed E-state index contributed by atoms with van der Waals surface area (Å²) in [6.45, 7) is 1.48. The van der Waals surface area contributed by atoms with Gasteiger partial charge in [-0.25, -0.2) is 0 Å². The quantitative estimate of drug-likeness (QED) is 0.601. The minimum Gasteiger partial charge on any atom is -0.453 e. The second-order valence-corrected chi connectivity index (χ2v) is 7.25. The summed E-state index contributed by atoms with van der Waals surface area (Å²) >= 11 is 0. The van der Waals surface area contributed by atoms with E-state index in [1.54, 1.807) is 0 Å². The number of carbonyl (C=O) groups excluding carboxylic acids is 1. The highest BCUT2D eigenvalue weighted by Gasteiger charge is 2.21. The van der Waals surface area contributed by atoms with Gasteiger partial charge in [0.1, 0.15) is 0 Å². The Balaban J connectivity index is 1.77. The second-order valence-electron chi connectivity index (χ2n) is 7.25. The number of hydrogen-bond donors (Lipinski definition) is 0. The summed E-state index contributed by atoms with van der Waals surface area (Å²) in [5.74, 6) is -0.254. The summed E-state index contributed by atoms with van der Waals surface area (Å²) in [6.07, 6.45) is 3.55. The molecule has 0 aromatic heterocycles. The van der Waals surface area contributed by atoms with Gasteiger partial charge in [-0.2, -0.15) is 0 Å². The molecule has 0 aliphatic heterocycles. The molecule has 0 radical (unpaired) electrons. The molecule has 0 amide bonds. The largest absolute Gasteiger partial charge is 0.453 e. The molecule has 7 rings (SSSR count). The molecular formula is C25H24O2. The van der Waals surface area contributed by atoms with Crippen molar-refractivity contribution in [3.8, 4) is 0 Å². The molecule has 0 spiro atoms. The van der Waals surface area contributed by atoms with E-state index in [-0.39, 0.29) is 12.1 Å². The van der Waals surface area contributed by atoms with Gasteiger partial charge in [-0.3, -0.25) is 4.79 Å². The molecule has 1 unspecified atom stereocenters. The first kappa shape index (κ1) is 17.5. The number of aryl methyl sites for hydroxylation is 4. The Morgan fingerprint density at radius 1 is 0.778 bits per heavy atom. The van der Waals surface area contributed by atoms with Crippen molar-refractivity contribution in [3.63, 3.8) is 0 Å². The van der Waals surface area contributed by atoms with Crippen molar-refractivity contribution < 1.29 is 9.53 Å². The normalized spacial score (nSPS) is 14.3. The Kier molecular flexibility index (Phi) is 5.06. The SMILES string of the molecule is CC(=O)OC(c1ccccc1)c1cc2ccc1CCc1ccc(cc1)CC2. The molecule has 0 saturated heterocycles. The summed E-state index contributed by atoms with van der Waals surface area (Å²) in [6, 6.07) is 25.7. The molecule has 0 fully saturated rings. The summed E-state index contributed by atoms with van der Waals surface area (Å²) in [5, 5.41) is 0. The Morgan fingerprint density at radius 2 is 1.37 bits per heavy atom. The molecule has 0 saturated carbocycles. The van der Waals surface area contributed by atoms with Crippen LogP contribution in [0.3, 0.4) is 0 Å². The van der Waals surface area contributed by atoms with E-state index < -0.39 is 0 Å². The lowest BCUT2D eigenvalue weighted by Gasteiger charge is -2.22. The Hall–Kier alpha value is -2.87. The smallest absolute Gasteiger partial charge is 0.303 e.